The molecule has 5 heteroatoms. The number of hydrogen-bond donors (Lipinski definition) is 2. The molecule has 5 nitrogen and oxygen atoms in total. The van der Waals surface area contributed by atoms with Crippen molar-refractivity contribution in [3.63, 3.8) is 0 Å². The van der Waals surface area contributed by atoms with Gasteiger partial charge in [-0.2, -0.15) is 0 Å². The highest BCUT2D eigenvalue weighted by atomic mass is 16.5. The van der Waals surface area contributed by atoms with E-state index in [0.29, 0.717) is 5.92 Å². The molecule has 0 saturated carbocycles. The topological polar surface area (TPSA) is 67.6 Å². The zero-order chi connectivity index (χ0) is 10.4. The maximum atomic E-state index is 11.3. The number of hydrazine groups is 1. The molecule has 0 radical (unpaired) electrons. The number of likely N-dealkylation sites (tertiary alicyclic amines) is 1. The monoisotopic (exact) mass is 201 g/mol. The molecule has 1 aliphatic heterocycles. The molecule has 1 atom stereocenters. The number of hydrogen-bond acceptors (Lipinski definition) is 4. The summed E-state index contributed by atoms with van der Waals surface area (Å²) < 4.78 is 4.71. The Morgan fingerprint density at radius 2 is 2.43 bits per heavy atom. The minimum atomic E-state index is -0.228. The summed E-state index contributed by atoms with van der Waals surface area (Å²) in [7, 11) is 1.42. The Balaban J connectivity index is 2.46. The lowest BCUT2D eigenvalue weighted by molar-refractivity contribution is 0.119. The van der Waals surface area contributed by atoms with Gasteiger partial charge >= 0.3 is 6.09 Å². The minimum absolute atomic E-state index is 0.228. The number of amides is 1. The Morgan fingerprint density at radius 3 is 3.07 bits per heavy atom. The van der Waals surface area contributed by atoms with Gasteiger partial charge in [-0.3, -0.25) is 11.3 Å². The SMILES string of the molecule is COC(=O)N1CCCCC(CNN)C1. The molecule has 0 aromatic rings. The van der Waals surface area contributed by atoms with Crippen molar-refractivity contribution in [2.24, 2.45) is 11.8 Å². The number of rotatable bonds is 2. The molecule has 0 aromatic heterocycles. The third-order valence-corrected chi connectivity index (χ3v) is 2.61. The van der Waals surface area contributed by atoms with Crippen LogP contribution in [0.1, 0.15) is 19.3 Å². The first-order chi connectivity index (χ1) is 6.77. The lowest BCUT2D eigenvalue weighted by atomic mass is 10.0. The Bertz CT molecular complexity index is 187. The van der Waals surface area contributed by atoms with E-state index in [1.54, 1.807) is 4.90 Å². The van der Waals surface area contributed by atoms with Gasteiger partial charge in [-0.05, 0) is 18.8 Å². The van der Waals surface area contributed by atoms with Crippen molar-refractivity contribution in [2.75, 3.05) is 26.7 Å². The van der Waals surface area contributed by atoms with Crippen molar-refractivity contribution in [3.05, 3.63) is 0 Å². The second-order valence-corrected chi connectivity index (χ2v) is 3.69. The molecule has 1 saturated heterocycles. The third kappa shape index (κ3) is 3.16. The van der Waals surface area contributed by atoms with Gasteiger partial charge in [-0.25, -0.2) is 4.79 Å². The number of nitrogens with zero attached hydrogens (tertiary/aromatic N) is 1. The van der Waals surface area contributed by atoms with Gasteiger partial charge < -0.3 is 9.64 Å². The van der Waals surface area contributed by atoms with E-state index in [0.717, 1.165) is 38.9 Å². The highest BCUT2D eigenvalue weighted by molar-refractivity contribution is 5.67. The Morgan fingerprint density at radius 1 is 1.64 bits per heavy atom. The Hall–Kier alpha value is -0.810. The molecule has 1 heterocycles. The zero-order valence-corrected chi connectivity index (χ0v) is 8.66. The molecular weight excluding hydrogens is 182 g/mol. The van der Waals surface area contributed by atoms with Crippen LogP contribution in [0.5, 0.6) is 0 Å². The van der Waals surface area contributed by atoms with Crippen molar-refractivity contribution < 1.29 is 9.53 Å². The highest BCUT2D eigenvalue weighted by Crippen LogP contribution is 2.16. The van der Waals surface area contributed by atoms with Gasteiger partial charge in [0.25, 0.3) is 0 Å². The average molecular weight is 201 g/mol. The molecule has 82 valence electrons. The number of carbonyl (C=O) groups excluding carboxylic acids is 1. The molecule has 1 rings (SSSR count). The normalized spacial score (nSPS) is 23.0. The number of nitrogens with two attached hydrogens (primary N) is 1. The van der Waals surface area contributed by atoms with E-state index < -0.39 is 0 Å². The van der Waals surface area contributed by atoms with Crippen LogP contribution in [0.3, 0.4) is 0 Å². The number of ether oxygens (including phenoxy) is 1. The molecule has 0 spiro atoms. The van der Waals surface area contributed by atoms with Crippen molar-refractivity contribution in [2.45, 2.75) is 19.3 Å². The molecule has 0 aromatic carbocycles. The van der Waals surface area contributed by atoms with Crippen LogP contribution in [0, 0.1) is 5.92 Å². The highest BCUT2D eigenvalue weighted by Gasteiger charge is 2.21. The fourth-order valence-electron chi connectivity index (χ4n) is 1.86. The first-order valence-electron chi connectivity index (χ1n) is 5.04. The minimum Gasteiger partial charge on any atom is -0.453 e. The van der Waals surface area contributed by atoms with Crippen LogP contribution >= 0.6 is 0 Å². The summed E-state index contributed by atoms with van der Waals surface area (Å²) in [6.45, 7) is 2.30. The van der Waals surface area contributed by atoms with Crippen LogP contribution in [0.4, 0.5) is 4.79 Å². The van der Waals surface area contributed by atoms with Gasteiger partial charge in [0.15, 0.2) is 0 Å². The third-order valence-electron chi connectivity index (χ3n) is 2.61. The summed E-state index contributed by atoms with van der Waals surface area (Å²) >= 11 is 0. The maximum Gasteiger partial charge on any atom is 0.409 e. The van der Waals surface area contributed by atoms with E-state index in [4.69, 9.17) is 10.6 Å². The second-order valence-electron chi connectivity index (χ2n) is 3.69. The smallest absolute Gasteiger partial charge is 0.409 e. The van der Waals surface area contributed by atoms with Crippen LogP contribution in [-0.2, 0) is 4.74 Å². The van der Waals surface area contributed by atoms with E-state index in [1.165, 1.54) is 7.11 Å². The molecule has 0 bridgehead atoms. The molecular formula is C9H19N3O2. The molecule has 1 amide bonds. The summed E-state index contributed by atoms with van der Waals surface area (Å²) in [5, 5.41) is 0. The van der Waals surface area contributed by atoms with E-state index in [9.17, 15) is 4.79 Å². The molecule has 1 aliphatic rings. The van der Waals surface area contributed by atoms with Crippen LogP contribution in [0.25, 0.3) is 0 Å². The Kier molecular flexibility index (Phi) is 4.69. The van der Waals surface area contributed by atoms with Crippen molar-refractivity contribution in [3.8, 4) is 0 Å². The van der Waals surface area contributed by atoms with E-state index >= 15 is 0 Å². The number of carbonyl (C=O) groups is 1. The predicted octanol–water partition coefficient (Wildman–Crippen LogP) is 0.318. The molecule has 0 aliphatic carbocycles. The number of nitrogens with one attached hydrogen (secondary N) is 1. The van der Waals surface area contributed by atoms with Gasteiger partial charge in [0, 0.05) is 19.6 Å². The molecule has 14 heavy (non-hydrogen) atoms. The van der Waals surface area contributed by atoms with E-state index in [1.807, 2.05) is 0 Å². The molecule has 1 unspecified atom stereocenters. The van der Waals surface area contributed by atoms with Crippen LogP contribution in [0.2, 0.25) is 0 Å². The zero-order valence-electron chi connectivity index (χ0n) is 8.66. The maximum absolute atomic E-state index is 11.3. The molecule has 1 fully saturated rings. The summed E-state index contributed by atoms with van der Waals surface area (Å²) in [5.41, 5.74) is 2.66. The lowest BCUT2D eigenvalue weighted by Crippen LogP contribution is -2.38. The van der Waals surface area contributed by atoms with Gasteiger partial charge in [-0.1, -0.05) is 6.42 Å². The van der Waals surface area contributed by atoms with Gasteiger partial charge in [0.1, 0.15) is 0 Å². The average Bonchev–Trinajstić information content (AvgIpc) is 2.43. The first kappa shape index (κ1) is 11.3. The summed E-state index contributed by atoms with van der Waals surface area (Å²) in [4.78, 5) is 13.1. The van der Waals surface area contributed by atoms with Crippen LogP contribution in [-0.4, -0.2) is 37.7 Å². The van der Waals surface area contributed by atoms with Crippen LogP contribution < -0.4 is 11.3 Å². The van der Waals surface area contributed by atoms with Crippen molar-refractivity contribution in [1.29, 1.82) is 0 Å². The summed E-state index contributed by atoms with van der Waals surface area (Å²) in [6.07, 6.45) is 3.10. The summed E-state index contributed by atoms with van der Waals surface area (Å²) in [5.74, 6) is 5.73. The Labute approximate surface area is 84.5 Å². The van der Waals surface area contributed by atoms with Crippen molar-refractivity contribution in [1.82, 2.24) is 10.3 Å². The van der Waals surface area contributed by atoms with Gasteiger partial charge in [0.05, 0.1) is 7.11 Å². The fraction of sp³-hybridized carbons (Fsp3) is 0.889. The molecule has 3 N–H and O–H groups in total. The predicted molar refractivity (Wildman–Crippen MR) is 53.5 cm³/mol. The fourth-order valence-corrected chi connectivity index (χ4v) is 1.86. The quantitative estimate of drug-likeness (QED) is 0.498. The lowest BCUT2D eigenvalue weighted by Gasteiger charge is -2.22. The second kappa shape index (κ2) is 5.82. The van der Waals surface area contributed by atoms with E-state index in [2.05, 4.69) is 5.43 Å². The summed E-state index contributed by atoms with van der Waals surface area (Å²) in [6, 6.07) is 0. The van der Waals surface area contributed by atoms with Gasteiger partial charge in [0.2, 0.25) is 0 Å². The van der Waals surface area contributed by atoms with Crippen LogP contribution in [0.15, 0.2) is 0 Å². The standard InChI is InChI=1S/C9H19N3O2/c1-14-9(13)12-5-3-2-4-8(7-12)6-11-10/h8,11H,2-7,10H2,1H3. The largest absolute Gasteiger partial charge is 0.453 e. The van der Waals surface area contributed by atoms with E-state index in [-0.39, 0.29) is 6.09 Å². The number of methoxy groups -OCH3 is 1. The first-order valence-corrected chi connectivity index (χ1v) is 5.04. The van der Waals surface area contributed by atoms with Gasteiger partial charge in [-0.15, -0.1) is 0 Å². The van der Waals surface area contributed by atoms with Crippen molar-refractivity contribution >= 4 is 6.09 Å².